The minimum absolute atomic E-state index is 0.0801. The molecule has 1 rings (SSSR count). The highest BCUT2D eigenvalue weighted by molar-refractivity contribution is 5.78. The van der Waals surface area contributed by atoms with Crippen molar-refractivity contribution in [2.75, 3.05) is 78.6 Å². The highest BCUT2D eigenvalue weighted by Crippen LogP contribution is 2.19. The van der Waals surface area contributed by atoms with Gasteiger partial charge in [0.25, 0.3) is 0 Å². The fraction of sp³-hybridized carbons (Fsp3) is 0.964. The van der Waals surface area contributed by atoms with E-state index >= 15 is 0 Å². The predicted octanol–water partition coefficient (Wildman–Crippen LogP) is 14.6. The third-order valence-corrected chi connectivity index (χ3v) is 13.7. The maximum Gasteiger partial charge on any atom is 0.320 e. The molecular weight excluding hydrogens is 765 g/mol. The van der Waals surface area contributed by atoms with Crippen molar-refractivity contribution in [2.24, 2.45) is 5.92 Å². The van der Waals surface area contributed by atoms with E-state index < -0.39 is 0 Å². The molecule has 0 N–H and O–H groups in total. The molecule has 1 aliphatic rings. The predicted molar refractivity (Wildman–Crippen MR) is 270 cm³/mol. The first-order chi connectivity index (χ1) is 30.5. The average molecular weight is 876 g/mol. The summed E-state index contributed by atoms with van der Waals surface area (Å²) in [6, 6.07) is 0. The lowest BCUT2D eigenvalue weighted by molar-refractivity contribution is -0.146. The van der Waals surface area contributed by atoms with Crippen LogP contribution in [0.25, 0.3) is 0 Å². The maximum absolute atomic E-state index is 13.9. The molecule has 7 nitrogen and oxygen atoms in total. The highest BCUT2D eigenvalue weighted by atomic mass is 16.5. The molecule has 1 amide bonds. The van der Waals surface area contributed by atoms with Crippen molar-refractivity contribution in [2.45, 2.75) is 259 Å². The number of nitrogens with zero attached hydrogens (tertiary/aromatic N) is 4. The smallest absolute Gasteiger partial charge is 0.320 e. The normalized spacial score (nSPS) is 14.3. The molecule has 0 aromatic carbocycles. The zero-order valence-corrected chi connectivity index (χ0v) is 42.8. The number of carbonyl (C=O) groups is 2. The zero-order chi connectivity index (χ0) is 45.0. The van der Waals surface area contributed by atoms with E-state index in [2.05, 4.69) is 54.2 Å². The highest BCUT2D eigenvalue weighted by Gasteiger charge is 2.28. The largest absolute Gasteiger partial charge is 0.464 e. The van der Waals surface area contributed by atoms with E-state index in [4.69, 9.17) is 4.74 Å². The Balaban J connectivity index is 2.71. The van der Waals surface area contributed by atoms with Crippen molar-refractivity contribution in [1.82, 2.24) is 19.6 Å². The number of hydrogen-bond donors (Lipinski definition) is 0. The Morgan fingerprint density at radius 1 is 0.403 bits per heavy atom. The van der Waals surface area contributed by atoms with Gasteiger partial charge < -0.3 is 14.5 Å². The second-order valence-electron chi connectivity index (χ2n) is 19.8. The molecular formula is C55H110N4O3. The fourth-order valence-electron chi connectivity index (χ4n) is 9.37. The lowest BCUT2D eigenvalue weighted by atomic mass is 10.1. The van der Waals surface area contributed by atoms with Crippen LogP contribution in [0, 0.1) is 5.92 Å². The topological polar surface area (TPSA) is 56.3 Å². The monoisotopic (exact) mass is 875 g/mol. The van der Waals surface area contributed by atoms with E-state index in [1.165, 1.54) is 231 Å². The molecule has 0 bridgehead atoms. The summed E-state index contributed by atoms with van der Waals surface area (Å²) in [4.78, 5) is 36.8. The summed E-state index contributed by atoms with van der Waals surface area (Å²) in [7, 11) is 0. The quantitative estimate of drug-likeness (QED) is 0.0448. The summed E-state index contributed by atoms with van der Waals surface area (Å²) in [5.41, 5.74) is 0. The number of unbranched alkanes of at least 4 members (excludes halogenated alkanes) is 29. The molecule has 7 heteroatoms. The Bertz CT molecular complexity index is 947. The van der Waals surface area contributed by atoms with Gasteiger partial charge in [-0.2, -0.15) is 0 Å². The molecule has 1 heterocycles. The summed E-state index contributed by atoms with van der Waals surface area (Å²) < 4.78 is 5.96. The van der Waals surface area contributed by atoms with E-state index in [-0.39, 0.29) is 17.8 Å². The van der Waals surface area contributed by atoms with Gasteiger partial charge in [0.05, 0.1) is 19.7 Å². The number of likely N-dealkylation sites (tertiary alicyclic amines) is 1. The summed E-state index contributed by atoms with van der Waals surface area (Å²) in [5.74, 6) is 0.435. The molecule has 1 aliphatic heterocycles. The minimum atomic E-state index is -0.0801. The van der Waals surface area contributed by atoms with Crippen LogP contribution < -0.4 is 0 Å². The van der Waals surface area contributed by atoms with Crippen LogP contribution in [-0.4, -0.2) is 110 Å². The van der Waals surface area contributed by atoms with Crippen LogP contribution >= 0.6 is 0 Å². The van der Waals surface area contributed by atoms with Crippen LogP contribution in [-0.2, 0) is 14.3 Å². The Morgan fingerprint density at radius 2 is 0.710 bits per heavy atom. The van der Waals surface area contributed by atoms with Gasteiger partial charge in [0.2, 0.25) is 5.91 Å². The van der Waals surface area contributed by atoms with Gasteiger partial charge in [0, 0.05) is 32.1 Å². The van der Waals surface area contributed by atoms with Crippen molar-refractivity contribution in [1.29, 1.82) is 0 Å². The first kappa shape index (κ1) is 58.8. The number of carbonyl (C=O) groups excluding carboxylic acids is 2. The number of amides is 1. The van der Waals surface area contributed by atoms with E-state index in [0.717, 1.165) is 52.2 Å². The van der Waals surface area contributed by atoms with Crippen molar-refractivity contribution >= 4 is 11.9 Å². The first-order valence-corrected chi connectivity index (χ1v) is 28.1. The number of ether oxygens (including phenoxy) is 1. The summed E-state index contributed by atoms with van der Waals surface area (Å²) in [6.45, 7) is 21.8. The molecule has 0 radical (unpaired) electrons. The molecule has 1 atom stereocenters. The van der Waals surface area contributed by atoms with E-state index in [1.807, 2.05) is 0 Å². The van der Waals surface area contributed by atoms with Crippen molar-refractivity contribution in [3.8, 4) is 0 Å². The van der Waals surface area contributed by atoms with Crippen LogP contribution in [0.3, 0.4) is 0 Å². The van der Waals surface area contributed by atoms with E-state index in [0.29, 0.717) is 19.7 Å². The third kappa shape index (κ3) is 36.1. The van der Waals surface area contributed by atoms with Gasteiger partial charge in [0.1, 0.15) is 0 Å². The molecule has 1 fully saturated rings. The number of esters is 1. The van der Waals surface area contributed by atoms with E-state index in [9.17, 15) is 9.59 Å². The Morgan fingerprint density at radius 3 is 1.08 bits per heavy atom. The van der Waals surface area contributed by atoms with Crippen LogP contribution in [0.1, 0.15) is 259 Å². The zero-order valence-electron chi connectivity index (χ0n) is 42.8. The van der Waals surface area contributed by atoms with Crippen LogP contribution in [0.15, 0.2) is 0 Å². The Kier molecular flexibility index (Phi) is 42.7. The molecule has 0 spiro atoms. The second-order valence-corrected chi connectivity index (χ2v) is 19.8. The SMILES string of the molecule is CCCCCCCCCN(CCCCCCCC)CCN(CCCCCCCCC)CC(=O)N1CCC(COC(=O)CN(CCCCCCCCC)CCCCCCCCC)C1. The first-order valence-electron chi connectivity index (χ1n) is 28.1. The van der Waals surface area contributed by atoms with Crippen LogP contribution in [0.5, 0.6) is 0 Å². The molecule has 62 heavy (non-hydrogen) atoms. The van der Waals surface area contributed by atoms with Gasteiger partial charge in [-0.3, -0.25) is 19.4 Å². The maximum atomic E-state index is 13.9. The molecule has 0 aliphatic carbocycles. The van der Waals surface area contributed by atoms with Gasteiger partial charge in [-0.15, -0.1) is 0 Å². The fourth-order valence-corrected chi connectivity index (χ4v) is 9.37. The van der Waals surface area contributed by atoms with Crippen molar-refractivity contribution in [3.63, 3.8) is 0 Å². The summed E-state index contributed by atoms with van der Waals surface area (Å²) in [6.07, 6.45) is 45.7. The van der Waals surface area contributed by atoms with Crippen LogP contribution in [0.2, 0.25) is 0 Å². The van der Waals surface area contributed by atoms with E-state index in [1.54, 1.807) is 0 Å². The van der Waals surface area contributed by atoms with Gasteiger partial charge in [-0.05, 0) is 71.2 Å². The molecule has 0 aromatic heterocycles. The number of hydrogen-bond acceptors (Lipinski definition) is 6. The van der Waals surface area contributed by atoms with Gasteiger partial charge >= 0.3 is 5.97 Å². The van der Waals surface area contributed by atoms with Crippen molar-refractivity contribution < 1.29 is 14.3 Å². The van der Waals surface area contributed by atoms with Crippen molar-refractivity contribution in [3.05, 3.63) is 0 Å². The lowest BCUT2D eigenvalue weighted by Crippen LogP contribution is -2.43. The van der Waals surface area contributed by atoms with Gasteiger partial charge in [0.15, 0.2) is 0 Å². The number of rotatable bonds is 48. The molecule has 0 saturated carbocycles. The van der Waals surface area contributed by atoms with Gasteiger partial charge in [-0.1, -0.05) is 221 Å². The summed E-state index contributed by atoms with van der Waals surface area (Å²) >= 11 is 0. The molecule has 1 saturated heterocycles. The lowest BCUT2D eigenvalue weighted by Gasteiger charge is -2.29. The summed E-state index contributed by atoms with van der Waals surface area (Å²) in [5, 5.41) is 0. The molecule has 1 unspecified atom stereocenters. The second kappa shape index (κ2) is 45.0. The standard InChI is InChI=1S/C55H110N4O3/c1-6-11-16-21-26-31-36-42-56(41-35-30-25-20-15-10-5)47-48-58(45-39-34-29-24-19-14-9-4)50-54(60)59-46-40-53(49-59)52-62-55(61)51-57(43-37-32-27-22-17-12-7-2)44-38-33-28-23-18-13-8-3/h53H,6-52H2,1-5H3. The molecule has 0 aromatic rings. The minimum Gasteiger partial charge on any atom is -0.464 e. The Hall–Kier alpha value is -1.18. The van der Waals surface area contributed by atoms with Gasteiger partial charge in [-0.25, -0.2) is 0 Å². The van der Waals surface area contributed by atoms with Crippen LogP contribution in [0.4, 0.5) is 0 Å². The molecule has 368 valence electrons. The Labute approximate surface area is 388 Å². The third-order valence-electron chi connectivity index (χ3n) is 13.7. The average Bonchev–Trinajstić information content (AvgIpc) is 3.76.